The van der Waals surface area contributed by atoms with E-state index in [4.69, 9.17) is 16.3 Å². The summed E-state index contributed by atoms with van der Waals surface area (Å²) in [6, 6.07) is 18.9. The Kier molecular flexibility index (Phi) is 7.80. The number of aromatic nitrogens is 1. The molecular weight excluding hydrogens is 511 g/mol. The largest absolute Gasteiger partial charge is 0.494 e. The third-order valence-electron chi connectivity index (χ3n) is 6.00. The van der Waals surface area contributed by atoms with Gasteiger partial charge in [0, 0.05) is 19.2 Å². The van der Waals surface area contributed by atoms with E-state index in [0.29, 0.717) is 22.3 Å². The molecule has 0 fully saturated rings. The van der Waals surface area contributed by atoms with Crippen LogP contribution in [0.15, 0.2) is 85.1 Å². The predicted molar refractivity (Wildman–Crippen MR) is 131 cm³/mol. The van der Waals surface area contributed by atoms with Crippen LogP contribution in [0.2, 0.25) is 5.02 Å². The van der Waals surface area contributed by atoms with Crippen LogP contribution in [0, 0.1) is 11.6 Å². The van der Waals surface area contributed by atoms with E-state index in [2.05, 4.69) is 10.3 Å². The number of alkyl halides is 3. The van der Waals surface area contributed by atoms with Gasteiger partial charge in [0.15, 0.2) is 11.6 Å². The molecule has 4 rings (SSSR count). The van der Waals surface area contributed by atoms with Crippen molar-refractivity contribution in [1.29, 1.82) is 0 Å². The lowest BCUT2D eigenvalue weighted by Gasteiger charge is -2.36. The van der Waals surface area contributed by atoms with Crippen LogP contribution in [-0.2, 0) is 24.7 Å². The molecule has 0 aliphatic rings. The van der Waals surface area contributed by atoms with Crippen molar-refractivity contribution in [1.82, 2.24) is 10.3 Å². The molecule has 0 saturated carbocycles. The summed E-state index contributed by atoms with van der Waals surface area (Å²) in [7, 11) is 1.33. The van der Waals surface area contributed by atoms with Gasteiger partial charge in [-0.2, -0.15) is 13.2 Å². The number of nitrogens with one attached hydrogen (secondary N) is 1. The number of halogens is 6. The number of benzene rings is 3. The topological polar surface area (TPSA) is 34.1 Å². The molecule has 3 nitrogen and oxygen atoms in total. The van der Waals surface area contributed by atoms with Crippen LogP contribution in [0.3, 0.4) is 0 Å². The van der Waals surface area contributed by atoms with Gasteiger partial charge in [0.1, 0.15) is 5.82 Å². The summed E-state index contributed by atoms with van der Waals surface area (Å²) in [5, 5.41) is 3.64. The molecule has 3 aromatic carbocycles. The van der Waals surface area contributed by atoms with Crippen molar-refractivity contribution >= 4 is 11.6 Å². The molecule has 9 heteroatoms. The molecule has 1 atom stereocenters. The Morgan fingerprint density at radius 3 is 2.24 bits per heavy atom. The van der Waals surface area contributed by atoms with Gasteiger partial charge < -0.3 is 4.74 Å². The Hall–Kier alpha value is -3.49. The van der Waals surface area contributed by atoms with Crippen LogP contribution in [0.1, 0.15) is 27.9 Å². The number of nitrogens with zero attached hydrogens (tertiary/aromatic N) is 1. The van der Waals surface area contributed by atoms with E-state index < -0.39 is 28.9 Å². The molecule has 0 aliphatic heterocycles. The van der Waals surface area contributed by atoms with Gasteiger partial charge in [0.25, 0.3) is 0 Å². The third kappa shape index (κ3) is 6.09. The second-order valence-corrected chi connectivity index (χ2v) is 8.91. The molecule has 0 spiro atoms. The number of rotatable bonds is 8. The van der Waals surface area contributed by atoms with E-state index in [9.17, 15) is 22.0 Å². The predicted octanol–water partition coefficient (Wildman–Crippen LogP) is 7.32. The highest BCUT2D eigenvalue weighted by Gasteiger charge is 2.39. The molecule has 0 saturated heterocycles. The minimum atomic E-state index is -4.77. The van der Waals surface area contributed by atoms with Crippen LogP contribution in [0.4, 0.5) is 22.0 Å². The lowest BCUT2D eigenvalue weighted by Crippen LogP contribution is -2.46. The zero-order chi connectivity index (χ0) is 26.6. The summed E-state index contributed by atoms with van der Waals surface area (Å²) in [6.07, 6.45) is -3.27. The molecule has 1 N–H and O–H groups in total. The van der Waals surface area contributed by atoms with Crippen LogP contribution in [-0.4, -0.2) is 12.1 Å². The lowest BCUT2D eigenvalue weighted by atomic mass is 9.79. The first-order valence-corrected chi connectivity index (χ1v) is 11.6. The molecule has 192 valence electrons. The van der Waals surface area contributed by atoms with Crippen molar-refractivity contribution in [2.75, 3.05) is 7.11 Å². The van der Waals surface area contributed by atoms with Gasteiger partial charge >= 0.3 is 6.18 Å². The number of hydrogen-bond acceptors (Lipinski definition) is 3. The molecule has 0 aliphatic carbocycles. The summed E-state index contributed by atoms with van der Waals surface area (Å²) >= 11 is 6.06. The Balaban J connectivity index is 1.92. The van der Waals surface area contributed by atoms with Crippen LogP contribution >= 0.6 is 11.6 Å². The molecule has 1 aromatic heterocycles. The van der Waals surface area contributed by atoms with Crippen LogP contribution < -0.4 is 10.1 Å². The number of hydrogen-bond donors (Lipinski definition) is 1. The van der Waals surface area contributed by atoms with E-state index in [1.54, 1.807) is 24.3 Å². The summed E-state index contributed by atoms with van der Waals surface area (Å²) in [4.78, 5) is 4.42. The lowest BCUT2D eigenvalue weighted by molar-refractivity contribution is -0.137. The normalized spacial score (nSPS) is 13.3. The molecule has 0 bridgehead atoms. The molecule has 4 aromatic rings. The zero-order valence-electron chi connectivity index (χ0n) is 19.6. The minimum absolute atomic E-state index is 0.0164. The van der Waals surface area contributed by atoms with Gasteiger partial charge in [-0.15, -0.1) is 0 Å². The number of ether oxygens (including phenoxy) is 1. The Morgan fingerprint density at radius 1 is 0.865 bits per heavy atom. The van der Waals surface area contributed by atoms with Gasteiger partial charge in [0.05, 0.1) is 28.9 Å². The fourth-order valence-corrected chi connectivity index (χ4v) is 4.30. The average molecular weight is 533 g/mol. The van der Waals surface area contributed by atoms with Crippen molar-refractivity contribution in [3.63, 3.8) is 0 Å². The SMILES string of the molecule is COc1cc(CNC(Cc2ccccc2)(c2cc(F)cc(C(F)(F)F)c2)c2ccc(Cl)cn2)ccc1F. The van der Waals surface area contributed by atoms with Crippen molar-refractivity contribution < 1.29 is 26.7 Å². The van der Waals surface area contributed by atoms with E-state index in [0.717, 1.165) is 17.7 Å². The van der Waals surface area contributed by atoms with Gasteiger partial charge in [0.2, 0.25) is 0 Å². The smallest absolute Gasteiger partial charge is 0.416 e. The van der Waals surface area contributed by atoms with E-state index in [1.807, 2.05) is 18.2 Å². The second-order valence-electron chi connectivity index (χ2n) is 8.48. The fourth-order valence-electron chi connectivity index (χ4n) is 4.19. The first kappa shape index (κ1) is 26.6. The summed E-state index contributed by atoms with van der Waals surface area (Å²) < 4.78 is 74.9. The minimum Gasteiger partial charge on any atom is -0.494 e. The second kappa shape index (κ2) is 10.9. The van der Waals surface area contributed by atoms with E-state index in [-0.39, 0.29) is 24.3 Å². The van der Waals surface area contributed by atoms with Gasteiger partial charge in [-0.05, 0) is 59.2 Å². The first-order valence-electron chi connectivity index (χ1n) is 11.2. The van der Waals surface area contributed by atoms with Gasteiger partial charge in [-0.1, -0.05) is 48.0 Å². The maximum atomic E-state index is 14.7. The molecule has 0 radical (unpaired) electrons. The highest BCUT2D eigenvalue weighted by Crippen LogP contribution is 2.38. The summed E-state index contributed by atoms with van der Waals surface area (Å²) in [6.45, 7) is 0.0750. The molecule has 37 heavy (non-hydrogen) atoms. The van der Waals surface area contributed by atoms with E-state index in [1.165, 1.54) is 31.5 Å². The van der Waals surface area contributed by atoms with Crippen molar-refractivity contribution in [3.8, 4) is 5.75 Å². The van der Waals surface area contributed by atoms with Crippen LogP contribution in [0.5, 0.6) is 5.75 Å². The molecule has 0 amide bonds. The van der Waals surface area contributed by atoms with Gasteiger partial charge in [-0.3, -0.25) is 10.3 Å². The van der Waals surface area contributed by atoms with Crippen molar-refractivity contribution in [3.05, 3.63) is 130 Å². The third-order valence-corrected chi connectivity index (χ3v) is 6.23. The molecule has 1 heterocycles. The maximum Gasteiger partial charge on any atom is 0.416 e. The zero-order valence-corrected chi connectivity index (χ0v) is 20.4. The maximum absolute atomic E-state index is 14.7. The Bertz CT molecular complexity index is 1360. The van der Waals surface area contributed by atoms with E-state index >= 15 is 0 Å². The molecular formula is C28H22ClF5N2O. The quantitative estimate of drug-likeness (QED) is 0.241. The molecule has 1 unspecified atom stereocenters. The number of methoxy groups -OCH3 is 1. The highest BCUT2D eigenvalue weighted by atomic mass is 35.5. The Labute approximate surface area is 215 Å². The Morgan fingerprint density at radius 2 is 1.59 bits per heavy atom. The monoisotopic (exact) mass is 532 g/mol. The summed E-state index contributed by atoms with van der Waals surface area (Å²) in [5.74, 6) is -1.58. The highest BCUT2D eigenvalue weighted by molar-refractivity contribution is 6.30. The number of pyridine rings is 1. The van der Waals surface area contributed by atoms with Gasteiger partial charge in [-0.25, -0.2) is 8.78 Å². The average Bonchev–Trinajstić information content (AvgIpc) is 2.87. The van der Waals surface area contributed by atoms with Crippen molar-refractivity contribution in [2.45, 2.75) is 24.7 Å². The van der Waals surface area contributed by atoms with Crippen molar-refractivity contribution in [2.24, 2.45) is 0 Å². The summed E-state index contributed by atoms with van der Waals surface area (Å²) in [5.41, 5.74) is -0.839. The standard InChI is InChI=1S/C28H22ClF5N2O/c1-37-25-11-19(7-9-24(25)31)16-36-27(15-18-5-3-2-4-6-18,26-10-8-22(29)17-35-26)20-12-21(28(32,33)34)14-23(30)13-20/h2-14,17,36H,15-16H2,1H3. The first-order chi connectivity index (χ1) is 17.6. The van der Waals surface area contributed by atoms with Crippen LogP contribution in [0.25, 0.3) is 0 Å². The fraction of sp³-hybridized carbons (Fsp3) is 0.179.